The van der Waals surface area contributed by atoms with Crippen LogP contribution in [0.5, 0.6) is 5.75 Å². The van der Waals surface area contributed by atoms with Crippen LogP contribution in [0.1, 0.15) is 43.1 Å². The molecule has 3 nitrogen and oxygen atoms in total. The van der Waals surface area contributed by atoms with Gasteiger partial charge in [0.05, 0.1) is 12.6 Å². The van der Waals surface area contributed by atoms with Gasteiger partial charge in [-0.2, -0.15) is 0 Å². The molecule has 0 bridgehead atoms. The van der Waals surface area contributed by atoms with E-state index >= 15 is 0 Å². The molecule has 0 amide bonds. The Labute approximate surface area is 153 Å². The number of fused-ring (bicyclic) bond motifs is 3. The van der Waals surface area contributed by atoms with Crippen LogP contribution in [0.15, 0.2) is 42.5 Å². The van der Waals surface area contributed by atoms with Crippen LogP contribution in [0.25, 0.3) is 10.9 Å². The second-order valence-corrected chi connectivity index (χ2v) is 7.45. The normalized spacial score (nSPS) is 16.8. The van der Waals surface area contributed by atoms with Crippen molar-refractivity contribution < 1.29 is 9.13 Å². The molecule has 2 aromatic carbocycles. The van der Waals surface area contributed by atoms with Crippen molar-refractivity contribution in [1.29, 1.82) is 0 Å². The lowest BCUT2D eigenvalue weighted by atomic mass is 9.94. The summed E-state index contributed by atoms with van der Waals surface area (Å²) in [4.78, 5) is 3.50. The molecule has 0 radical (unpaired) electrons. The first-order valence-corrected chi connectivity index (χ1v) is 9.38. The highest BCUT2D eigenvalue weighted by Gasteiger charge is 2.25. The smallest absolute Gasteiger partial charge is 0.123 e. The van der Waals surface area contributed by atoms with Gasteiger partial charge in [-0.1, -0.05) is 26.0 Å². The largest absolute Gasteiger partial charge is 0.494 e. The molecule has 2 heterocycles. The zero-order chi connectivity index (χ0) is 18.1. The number of hydrogen-bond acceptors (Lipinski definition) is 2. The summed E-state index contributed by atoms with van der Waals surface area (Å²) in [5.41, 5.74) is 4.51. The van der Waals surface area contributed by atoms with Crippen LogP contribution in [0.3, 0.4) is 0 Å². The molecule has 4 heteroatoms. The summed E-state index contributed by atoms with van der Waals surface area (Å²) in [7, 11) is 0. The second kappa shape index (κ2) is 7.12. The van der Waals surface area contributed by atoms with Gasteiger partial charge < -0.3 is 15.0 Å². The van der Waals surface area contributed by atoms with Gasteiger partial charge in [-0.3, -0.25) is 0 Å². The van der Waals surface area contributed by atoms with E-state index in [-0.39, 0.29) is 11.9 Å². The number of rotatable bonds is 5. The number of H-pyrrole nitrogens is 1. The van der Waals surface area contributed by atoms with E-state index in [1.807, 2.05) is 18.2 Å². The predicted octanol–water partition coefficient (Wildman–Crippen LogP) is 4.97. The molecular formula is C22H25FN2O. The third-order valence-corrected chi connectivity index (χ3v) is 5.07. The van der Waals surface area contributed by atoms with Gasteiger partial charge in [-0.05, 0) is 60.2 Å². The molecule has 1 atom stereocenters. The highest BCUT2D eigenvalue weighted by Crippen LogP contribution is 2.34. The highest BCUT2D eigenvalue weighted by molar-refractivity contribution is 5.85. The Kier molecular flexibility index (Phi) is 4.68. The summed E-state index contributed by atoms with van der Waals surface area (Å²) in [5.74, 6) is 1.35. The molecular weight excluding hydrogens is 327 g/mol. The summed E-state index contributed by atoms with van der Waals surface area (Å²) in [5, 5.41) is 4.58. The molecule has 0 aliphatic carbocycles. The number of halogens is 1. The van der Waals surface area contributed by atoms with Crippen molar-refractivity contribution in [3.05, 3.63) is 65.1 Å². The van der Waals surface area contributed by atoms with Gasteiger partial charge in [0.2, 0.25) is 0 Å². The Balaban J connectivity index is 1.64. The fraction of sp³-hybridized carbons (Fsp3) is 0.364. The maximum atomic E-state index is 13.7. The molecule has 0 saturated heterocycles. The third-order valence-electron chi connectivity index (χ3n) is 5.07. The first-order chi connectivity index (χ1) is 12.6. The molecule has 1 unspecified atom stereocenters. The van der Waals surface area contributed by atoms with Crippen molar-refractivity contribution in [3.63, 3.8) is 0 Å². The number of aromatic amines is 1. The second-order valence-electron chi connectivity index (χ2n) is 7.45. The van der Waals surface area contributed by atoms with E-state index in [1.54, 1.807) is 6.07 Å². The van der Waals surface area contributed by atoms with Gasteiger partial charge in [0.15, 0.2) is 0 Å². The van der Waals surface area contributed by atoms with Gasteiger partial charge >= 0.3 is 0 Å². The Morgan fingerprint density at radius 3 is 2.92 bits per heavy atom. The van der Waals surface area contributed by atoms with Crippen molar-refractivity contribution in [2.24, 2.45) is 5.92 Å². The molecule has 26 heavy (non-hydrogen) atoms. The Hall–Kier alpha value is -2.33. The zero-order valence-electron chi connectivity index (χ0n) is 15.3. The predicted molar refractivity (Wildman–Crippen MR) is 103 cm³/mol. The zero-order valence-corrected chi connectivity index (χ0v) is 15.3. The Morgan fingerprint density at radius 2 is 2.08 bits per heavy atom. The van der Waals surface area contributed by atoms with E-state index in [2.05, 4.69) is 36.3 Å². The molecule has 136 valence electrons. The minimum absolute atomic E-state index is 0.0721. The van der Waals surface area contributed by atoms with Crippen molar-refractivity contribution >= 4 is 10.9 Å². The molecule has 1 aliphatic heterocycles. The topological polar surface area (TPSA) is 37.0 Å². The molecule has 4 rings (SSSR count). The molecule has 1 aromatic heterocycles. The molecule has 2 N–H and O–H groups in total. The van der Waals surface area contributed by atoms with Crippen LogP contribution in [-0.2, 0) is 6.42 Å². The summed E-state index contributed by atoms with van der Waals surface area (Å²) < 4.78 is 19.6. The minimum Gasteiger partial charge on any atom is -0.494 e. The fourth-order valence-electron chi connectivity index (χ4n) is 3.68. The summed E-state index contributed by atoms with van der Waals surface area (Å²) in [6, 6.07) is 13.3. The first kappa shape index (κ1) is 17.1. The van der Waals surface area contributed by atoms with Crippen LogP contribution < -0.4 is 10.1 Å². The van der Waals surface area contributed by atoms with E-state index in [4.69, 9.17) is 4.74 Å². The van der Waals surface area contributed by atoms with Gasteiger partial charge in [0.25, 0.3) is 0 Å². The van der Waals surface area contributed by atoms with Crippen molar-refractivity contribution in [2.75, 3.05) is 13.2 Å². The first-order valence-electron chi connectivity index (χ1n) is 9.38. The lowest BCUT2D eigenvalue weighted by molar-refractivity contribution is 0.289. The van der Waals surface area contributed by atoms with Crippen molar-refractivity contribution in [3.8, 4) is 5.75 Å². The number of nitrogens with one attached hydrogen (secondary N) is 2. The highest BCUT2D eigenvalue weighted by atomic mass is 19.1. The van der Waals surface area contributed by atoms with E-state index < -0.39 is 0 Å². The lowest BCUT2D eigenvalue weighted by Gasteiger charge is -2.25. The van der Waals surface area contributed by atoms with Crippen molar-refractivity contribution in [2.45, 2.75) is 32.7 Å². The van der Waals surface area contributed by atoms with Gasteiger partial charge in [0, 0.05) is 23.1 Å². The van der Waals surface area contributed by atoms with Crippen LogP contribution in [-0.4, -0.2) is 18.1 Å². The average molecular weight is 352 g/mol. The van der Waals surface area contributed by atoms with Crippen molar-refractivity contribution in [1.82, 2.24) is 10.3 Å². The van der Waals surface area contributed by atoms with Crippen LogP contribution >= 0.6 is 0 Å². The standard InChI is InChI=1S/C22H25FN2O/c1-14(2)9-11-26-17-5-3-4-15(12-17)21-22-18(8-10-24-21)19-13-16(23)6-7-20(19)25-22/h3-7,12-14,21,24-25H,8-11H2,1-2H3. The molecule has 3 aromatic rings. The Bertz CT molecular complexity index is 916. The SMILES string of the molecule is CC(C)CCOc1cccc(C2NCCc3c2[nH]c2ccc(F)cc32)c1. The minimum atomic E-state index is -0.185. The van der Waals surface area contributed by atoms with Gasteiger partial charge in [-0.25, -0.2) is 4.39 Å². The number of benzene rings is 2. The van der Waals surface area contributed by atoms with E-state index in [0.29, 0.717) is 5.92 Å². The van der Waals surface area contributed by atoms with E-state index in [0.717, 1.165) is 48.3 Å². The van der Waals surface area contributed by atoms with Gasteiger partial charge in [-0.15, -0.1) is 0 Å². The number of aromatic nitrogens is 1. The maximum Gasteiger partial charge on any atom is 0.123 e. The summed E-state index contributed by atoms with van der Waals surface area (Å²) >= 11 is 0. The molecule has 0 spiro atoms. The Morgan fingerprint density at radius 1 is 1.19 bits per heavy atom. The monoisotopic (exact) mass is 352 g/mol. The van der Waals surface area contributed by atoms with Crippen LogP contribution in [0.4, 0.5) is 4.39 Å². The molecule has 0 fully saturated rings. The number of hydrogen-bond donors (Lipinski definition) is 2. The summed E-state index contributed by atoms with van der Waals surface area (Å²) in [6.07, 6.45) is 1.95. The average Bonchev–Trinajstić information content (AvgIpc) is 2.99. The van der Waals surface area contributed by atoms with E-state index in [9.17, 15) is 4.39 Å². The fourth-order valence-corrected chi connectivity index (χ4v) is 3.68. The van der Waals surface area contributed by atoms with Crippen LogP contribution in [0.2, 0.25) is 0 Å². The molecule has 1 aliphatic rings. The molecule has 0 saturated carbocycles. The summed E-state index contributed by atoms with van der Waals surface area (Å²) in [6.45, 7) is 6.01. The van der Waals surface area contributed by atoms with E-state index in [1.165, 1.54) is 17.2 Å². The van der Waals surface area contributed by atoms with Gasteiger partial charge in [0.1, 0.15) is 11.6 Å². The lowest BCUT2D eigenvalue weighted by Crippen LogP contribution is -2.30. The number of ether oxygens (including phenoxy) is 1. The quantitative estimate of drug-likeness (QED) is 0.680. The maximum absolute atomic E-state index is 13.7. The van der Waals surface area contributed by atoms with Crippen LogP contribution in [0, 0.1) is 11.7 Å². The third kappa shape index (κ3) is 3.34.